The molecular formula is C27H33N5O2. The zero-order valence-electron chi connectivity index (χ0n) is 19.8. The number of benzene rings is 2. The lowest BCUT2D eigenvalue weighted by molar-refractivity contribution is 0.0265. The van der Waals surface area contributed by atoms with Gasteiger partial charge in [-0.3, -0.25) is 9.58 Å². The molecule has 4 fully saturated rings. The van der Waals surface area contributed by atoms with Crippen LogP contribution in [0.2, 0.25) is 0 Å². The summed E-state index contributed by atoms with van der Waals surface area (Å²) in [6, 6.07) is 17.9. The molecule has 0 aliphatic carbocycles. The smallest absolute Gasteiger partial charge is 0.317 e. The van der Waals surface area contributed by atoms with Crippen LogP contribution in [-0.4, -0.2) is 77.6 Å². The van der Waals surface area contributed by atoms with Gasteiger partial charge in [-0.05, 0) is 48.2 Å². The Balaban J connectivity index is 1.14. The number of hydrogen-bond donors (Lipinski definition) is 1. The Morgan fingerprint density at radius 1 is 1.09 bits per heavy atom. The SMILES string of the molecule is Cn1nc(-c2ccc3ccccc3c2)cc1C1CN2CCC1CC2CNC(=O)N1CCOCC1. The number of aryl methyl sites for hydroxylation is 1. The van der Waals surface area contributed by atoms with Crippen molar-refractivity contribution in [3.05, 3.63) is 54.2 Å². The molecule has 4 saturated heterocycles. The molecule has 4 unspecified atom stereocenters. The first kappa shape index (κ1) is 21.6. The highest BCUT2D eigenvalue weighted by atomic mass is 16.5. The molecule has 1 N–H and O–H groups in total. The fraction of sp³-hybridized carbons (Fsp3) is 0.481. The maximum Gasteiger partial charge on any atom is 0.317 e. The van der Waals surface area contributed by atoms with Crippen molar-refractivity contribution in [3.63, 3.8) is 0 Å². The number of urea groups is 1. The summed E-state index contributed by atoms with van der Waals surface area (Å²) in [7, 11) is 2.08. The fourth-order valence-corrected chi connectivity index (χ4v) is 6.09. The molecule has 7 rings (SSSR count). The van der Waals surface area contributed by atoms with Crippen molar-refractivity contribution in [1.29, 1.82) is 0 Å². The third-order valence-corrected chi connectivity index (χ3v) is 8.01. The average molecular weight is 460 g/mol. The summed E-state index contributed by atoms with van der Waals surface area (Å²) in [6.07, 6.45) is 2.35. The maximum absolute atomic E-state index is 12.5. The molecular weight excluding hydrogens is 426 g/mol. The lowest BCUT2D eigenvalue weighted by Crippen LogP contribution is -2.57. The number of aromatic nitrogens is 2. The molecule has 2 amide bonds. The summed E-state index contributed by atoms with van der Waals surface area (Å²) in [5, 5.41) is 10.6. The zero-order valence-corrected chi connectivity index (χ0v) is 19.8. The number of ether oxygens (including phenoxy) is 1. The van der Waals surface area contributed by atoms with Crippen LogP contribution in [0.25, 0.3) is 22.0 Å². The topological polar surface area (TPSA) is 62.6 Å². The van der Waals surface area contributed by atoms with E-state index in [1.807, 2.05) is 4.90 Å². The van der Waals surface area contributed by atoms with Crippen LogP contribution in [0.3, 0.4) is 0 Å². The van der Waals surface area contributed by atoms with E-state index in [1.54, 1.807) is 0 Å². The van der Waals surface area contributed by atoms with Gasteiger partial charge in [-0.1, -0.05) is 36.4 Å². The van der Waals surface area contributed by atoms with Crippen molar-refractivity contribution < 1.29 is 9.53 Å². The molecule has 5 heterocycles. The first-order chi connectivity index (χ1) is 16.7. The van der Waals surface area contributed by atoms with Crippen molar-refractivity contribution in [2.24, 2.45) is 13.0 Å². The van der Waals surface area contributed by atoms with Gasteiger partial charge >= 0.3 is 6.03 Å². The molecule has 34 heavy (non-hydrogen) atoms. The largest absolute Gasteiger partial charge is 0.378 e. The minimum absolute atomic E-state index is 0.0501. The summed E-state index contributed by atoms with van der Waals surface area (Å²) >= 11 is 0. The van der Waals surface area contributed by atoms with E-state index in [0.717, 1.165) is 31.7 Å². The van der Waals surface area contributed by atoms with Gasteiger partial charge in [0, 0.05) is 56.4 Å². The molecule has 7 nitrogen and oxygen atoms in total. The van der Waals surface area contributed by atoms with Gasteiger partial charge in [-0.15, -0.1) is 0 Å². The van der Waals surface area contributed by atoms with Gasteiger partial charge in [0.1, 0.15) is 0 Å². The second-order valence-corrected chi connectivity index (χ2v) is 9.97. The number of amides is 2. The standard InChI is InChI=1S/C27H33N5O2/c1-30-26(16-25(29-30)22-7-6-19-4-2-3-5-20(19)14-22)24-18-32-9-8-21(24)15-23(32)17-28-27(33)31-10-12-34-13-11-31/h2-7,14,16,21,23-24H,8-13,15,17-18H2,1H3,(H,28,33). The molecule has 2 aromatic carbocycles. The minimum Gasteiger partial charge on any atom is -0.378 e. The van der Waals surface area contributed by atoms with Crippen LogP contribution in [-0.2, 0) is 11.8 Å². The number of nitrogens with zero attached hydrogens (tertiary/aromatic N) is 4. The molecule has 3 aromatic rings. The monoisotopic (exact) mass is 459 g/mol. The van der Waals surface area contributed by atoms with Crippen LogP contribution >= 0.6 is 0 Å². The zero-order chi connectivity index (χ0) is 23.1. The van der Waals surface area contributed by atoms with Gasteiger partial charge in [-0.2, -0.15) is 5.10 Å². The Labute approximate surface area is 200 Å². The van der Waals surface area contributed by atoms with Crippen molar-refractivity contribution in [1.82, 2.24) is 24.9 Å². The van der Waals surface area contributed by atoms with Gasteiger partial charge in [0.15, 0.2) is 0 Å². The summed E-state index contributed by atoms with van der Waals surface area (Å²) in [6.45, 7) is 5.54. The van der Waals surface area contributed by atoms with Gasteiger partial charge in [0.2, 0.25) is 0 Å². The molecule has 178 valence electrons. The van der Waals surface area contributed by atoms with Crippen molar-refractivity contribution in [3.8, 4) is 11.3 Å². The average Bonchev–Trinajstić information content (AvgIpc) is 3.29. The molecule has 0 spiro atoms. The highest BCUT2D eigenvalue weighted by Crippen LogP contribution is 2.42. The number of morpholine rings is 1. The molecule has 4 aliphatic rings. The van der Waals surface area contributed by atoms with E-state index < -0.39 is 0 Å². The number of piperidine rings is 3. The molecule has 0 saturated carbocycles. The minimum atomic E-state index is 0.0501. The van der Waals surface area contributed by atoms with Crippen LogP contribution in [0.4, 0.5) is 4.79 Å². The summed E-state index contributed by atoms with van der Waals surface area (Å²) in [5.41, 5.74) is 3.55. The highest BCUT2D eigenvalue weighted by Gasteiger charge is 2.42. The van der Waals surface area contributed by atoms with Crippen LogP contribution in [0.15, 0.2) is 48.5 Å². The summed E-state index contributed by atoms with van der Waals surface area (Å²) < 4.78 is 7.45. The van der Waals surface area contributed by atoms with E-state index in [-0.39, 0.29) is 6.03 Å². The van der Waals surface area contributed by atoms with Gasteiger partial charge in [0.05, 0.1) is 18.9 Å². The van der Waals surface area contributed by atoms with Gasteiger partial charge < -0.3 is 15.0 Å². The molecule has 4 aliphatic heterocycles. The molecule has 0 radical (unpaired) electrons. The van der Waals surface area contributed by atoms with Crippen LogP contribution in [0.1, 0.15) is 24.5 Å². The normalized spacial score (nSPS) is 26.7. The van der Waals surface area contributed by atoms with Gasteiger partial charge in [-0.25, -0.2) is 4.79 Å². The van der Waals surface area contributed by atoms with Crippen molar-refractivity contribution >= 4 is 16.8 Å². The van der Waals surface area contributed by atoms with E-state index >= 15 is 0 Å². The number of carbonyl (C=O) groups excluding carboxylic acids is 1. The van der Waals surface area contributed by atoms with E-state index in [4.69, 9.17) is 9.84 Å². The summed E-state index contributed by atoms with van der Waals surface area (Å²) in [5.74, 6) is 1.13. The van der Waals surface area contributed by atoms with E-state index in [1.165, 1.54) is 28.5 Å². The Morgan fingerprint density at radius 2 is 1.91 bits per heavy atom. The first-order valence-corrected chi connectivity index (χ1v) is 12.5. The fourth-order valence-electron chi connectivity index (χ4n) is 6.09. The predicted octanol–water partition coefficient (Wildman–Crippen LogP) is 3.46. The van der Waals surface area contributed by atoms with Gasteiger partial charge in [0.25, 0.3) is 0 Å². The van der Waals surface area contributed by atoms with E-state index in [0.29, 0.717) is 44.2 Å². The van der Waals surface area contributed by atoms with E-state index in [9.17, 15) is 4.79 Å². The molecule has 2 bridgehead atoms. The molecule has 7 heteroatoms. The Hall–Kier alpha value is -2.90. The number of nitrogens with one attached hydrogen (secondary N) is 1. The number of rotatable bonds is 4. The van der Waals surface area contributed by atoms with Crippen LogP contribution in [0.5, 0.6) is 0 Å². The number of carbonyl (C=O) groups is 1. The van der Waals surface area contributed by atoms with Crippen LogP contribution in [0, 0.1) is 5.92 Å². The predicted molar refractivity (Wildman–Crippen MR) is 133 cm³/mol. The number of hydrogen-bond acceptors (Lipinski definition) is 4. The van der Waals surface area contributed by atoms with Crippen LogP contribution < -0.4 is 5.32 Å². The maximum atomic E-state index is 12.5. The second kappa shape index (κ2) is 9.04. The Kier molecular flexibility index (Phi) is 5.75. The lowest BCUT2D eigenvalue weighted by Gasteiger charge is -2.50. The summed E-state index contributed by atoms with van der Waals surface area (Å²) in [4.78, 5) is 17.0. The third-order valence-electron chi connectivity index (χ3n) is 8.01. The second-order valence-electron chi connectivity index (χ2n) is 9.97. The third kappa shape index (κ3) is 4.07. The van der Waals surface area contributed by atoms with Crippen molar-refractivity contribution in [2.75, 3.05) is 45.9 Å². The molecule has 1 aromatic heterocycles. The Morgan fingerprint density at radius 3 is 2.71 bits per heavy atom. The van der Waals surface area contributed by atoms with Crippen molar-refractivity contribution in [2.45, 2.75) is 24.8 Å². The lowest BCUT2D eigenvalue weighted by atomic mass is 9.74. The Bertz CT molecular complexity index is 1180. The number of fused-ring (bicyclic) bond motifs is 4. The van der Waals surface area contributed by atoms with E-state index in [2.05, 4.69) is 70.5 Å². The quantitative estimate of drug-likeness (QED) is 0.649. The highest BCUT2D eigenvalue weighted by molar-refractivity contribution is 5.86. The molecule has 4 atom stereocenters. The first-order valence-electron chi connectivity index (χ1n) is 12.5.